The number of ether oxygens (including phenoxy) is 1. The van der Waals surface area contributed by atoms with Gasteiger partial charge in [0.1, 0.15) is 12.4 Å². The van der Waals surface area contributed by atoms with E-state index in [2.05, 4.69) is 5.16 Å². The van der Waals surface area contributed by atoms with E-state index in [1.165, 1.54) is 18.3 Å². The van der Waals surface area contributed by atoms with Gasteiger partial charge in [-0.1, -0.05) is 29.4 Å². The summed E-state index contributed by atoms with van der Waals surface area (Å²) in [5, 5.41) is 3.72. The summed E-state index contributed by atoms with van der Waals surface area (Å²) in [6, 6.07) is 11.2. The van der Waals surface area contributed by atoms with Crippen LogP contribution in [0.15, 0.2) is 47.6 Å². The van der Waals surface area contributed by atoms with E-state index in [0.717, 1.165) is 11.6 Å². The molecule has 0 aliphatic rings. The molecule has 0 amide bonds. The highest BCUT2D eigenvalue weighted by atomic mass is 19.2. The van der Waals surface area contributed by atoms with Gasteiger partial charge in [-0.05, 0) is 18.2 Å². The maximum Gasteiger partial charge on any atom is 0.165 e. The largest absolute Gasteiger partial charge is 0.496 e. The van der Waals surface area contributed by atoms with Crippen LogP contribution in [-0.4, -0.2) is 13.3 Å². The Morgan fingerprint density at radius 1 is 1.10 bits per heavy atom. The third-order valence-corrected chi connectivity index (χ3v) is 2.66. The van der Waals surface area contributed by atoms with Crippen LogP contribution in [-0.2, 0) is 11.4 Å². The molecule has 0 unspecified atom stereocenters. The molecule has 0 radical (unpaired) electrons. The van der Waals surface area contributed by atoms with Crippen molar-refractivity contribution in [3.8, 4) is 5.75 Å². The molecule has 0 saturated heterocycles. The van der Waals surface area contributed by atoms with Crippen molar-refractivity contribution in [3.63, 3.8) is 0 Å². The van der Waals surface area contributed by atoms with Gasteiger partial charge in [-0.15, -0.1) is 0 Å². The standard InChI is InChI=1S/C15H13F2NO2/c1-19-14-8-3-2-5-11(14)9-18-20-10-12-6-4-7-13(16)15(12)17/h2-9H,10H2,1H3. The van der Waals surface area contributed by atoms with E-state index in [1.807, 2.05) is 12.1 Å². The van der Waals surface area contributed by atoms with Crippen LogP contribution in [0.1, 0.15) is 11.1 Å². The minimum atomic E-state index is -0.917. The molecule has 104 valence electrons. The van der Waals surface area contributed by atoms with Gasteiger partial charge < -0.3 is 9.57 Å². The zero-order chi connectivity index (χ0) is 14.4. The molecule has 0 aliphatic heterocycles. The Morgan fingerprint density at radius 3 is 2.70 bits per heavy atom. The van der Waals surface area contributed by atoms with Crippen molar-refractivity contribution in [1.82, 2.24) is 0 Å². The van der Waals surface area contributed by atoms with Gasteiger partial charge in [0.2, 0.25) is 0 Å². The van der Waals surface area contributed by atoms with Gasteiger partial charge in [-0.3, -0.25) is 0 Å². The first kappa shape index (κ1) is 14.0. The summed E-state index contributed by atoms with van der Waals surface area (Å²) in [5.74, 6) is -1.17. The van der Waals surface area contributed by atoms with Crippen LogP contribution in [0, 0.1) is 11.6 Å². The molecular weight excluding hydrogens is 264 g/mol. The zero-order valence-corrected chi connectivity index (χ0v) is 10.8. The fourth-order valence-corrected chi connectivity index (χ4v) is 1.63. The average molecular weight is 277 g/mol. The number of halogens is 2. The Bertz CT molecular complexity index is 615. The van der Waals surface area contributed by atoms with Gasteiger partial charge in [0.05, 0.1) is 13.3 Å². The lowest BCUT2D eigenvalue weighted by Crippen LogP contribution is -1.96. The predicted molar refractivity (Wildman–Crippen MR) is 71.7 cm³/mol. The first-order valence-corrected chi connectivity index (χ1v) is 5.93. The number of oxime groups is 1. The summed E-state index contributed by atoms with van der Waals surface area (Å²) < 4.78 is 31.4. The van der Waals surface area contributed by atoms with E-state index in [1.54, 1.807) is 19.2 Å². The van der Waals surface area contributed by atoms with E-state index in [9.17, 15) is 8.78 Å². The van der Waals surface area contributed by atoms with Gasteiger partial charge in [0, 0.05) is 11.1 Å². The normalized spacial score (nSPS) is 10.8. The van der Waals surface area contributed by atoms with Crippen LogP contribution in [0.25, 0.3) is 0 Å². The first-order valence-electron chi connectivity index (χ1n) is 5.93. The minimum absolute atomic E-state index is 0.113. The van der Waals surface area contributed by atoms with Crippen LogP contribution < -0.4 is 4.74 Å². The number of hydrogen-bond acceptors (Lipinski definition) is 3. The van der Waals surface area contributed by atoms with Crippen LogP contribution in [0.3, 0.4) is 0 Å². The second-order valence-corrected chi connectivity index (χ2v) is 3.96. The molecule has 3 nitrogen and oxygen atoms in total. The fraction of sp³-hybridized carbons (Fsp3) is 0.133. The summed E-state index contributed by atoms with van der Waals surface area (Å²) in [5.41, 5.74) is 0.844. The van der Waals surface area contributed by atoms with Gasteiger partial charge >= 0.3 is 0 Å². The zero-order valence-electron chi connectivity index (χ0n) is 10.8. The van der Waals surface area contributed by atoms with Crippen molar-refractivity contribution >= 4 is 6.21 Å². The number of hydrogen-bond donors (Lipinski definition) is 0. The number of rotatable bonds is 5. The van der Waals surface area contributed by atoms with Crippen LogP contribution in [0.4, 0.5) is 8.78 Å². The molecule has 0 aromatic heterocycles. The molecule has 0 aliphatic carbocycles. The van der Waals surface area contributed by atoms with E-state index in [4.69, 9.17) is 9.57 Å². The summed E-state index contributed by atoms with van der Waals surface area (Å²) in [7, 11) is 1.55. The van der Waals surface area contributed by atoms with E-state index >= 15 is 0 Å². The van der Waals surface area contributed by atoms with E-state index < -0.39 is 11.6 Å². The van der Waals surface area contributed by atoms with E-state index in [-0.39, 0.29) is 12.2 Å². The third-order valence-electron chi connectivity index (χ3n) is 2.66. The molecule has 2 aromatic rings. The van der Waals surface area contributed by atoms with Crippen molar-refractivity contribution in [1.29, 1.82) is 0 Å². The topological polar surface area (TPSA) is 30.8 Å². The highest BCUT2D eigenvalue weighted by Crippen LogP contribution is 2.15. The molecule has 20 heavy (non-hydrogen) atoms. The fourth-order valence-electron chi connectivity index (χ4n) is 1.63. The summed E-state index contributed by atoms with van der Waals surface area (Å²) >= 11 is 0. The monoisotopic (exact) mass is 277 g/mol. The second-order valence-electron chi connectivity index (χ2n) is 3.96. The van der Waals surface area contributed by atoms with E-state index in [0.29, 0.717) is 5.75 Å². The molecule has 0 bridgehead atoms. The van der Waals surface area contributed by atoms with Gasteiger partial charge in [-0.25, -0.2) is 8.78 Å². The summed E-state index contributed by atoms with van der Waals surface area (Å²) in [6.45, 7) is -0.144. The Morgan fingerprint density at radius 2 is 1.90 bits per heavy atom. The van der Waals surface area contributed by atoms with Gasteiger partial charge in [0.15, 0.2) is 11.6 Å². The smallest absolute Gasteiger partial charge is 0.165 e. The molecule has 2 aromatic carbocycles. The quantitative estimate of drug-likeness (QED) is 0.618. The Labute approximate surface area is 115 Å². The van der Waals surface area contributed by atoms with Gasteiger partial charge in [-0.2, -0.15) is 0 Å². The third kappa shape index (κ3) is 3.32. The molecule has 0 spiro atoms. The lowest BCUT2D eigenvalue weighted by Gasteiger charge is -2.04. The molecule has 0 atom stereocenters. The number of para-hydroxylation sites is 1. The first-order chi connectivity index (χ1) is 9.72. The molecule has 0 saturated carbocycles. The maximum absolute atomic E-state index is 13.3. The highest BCUT2D eigenvalue weighted by Gasteiger charge is 2.07. The van der Waals surface area contributed by atoms with Crippen LogP contribution in [0.5, 0.6) is 5.75 Å². The minimum Gasteiger partial charge on any atom is -0.496 e. The Hall–Kier alpha value is -2.43. The van der Waals surface area contributed by atoms with Gasteiger partial charge in [0.25, 0.3) is 0 Å². The lowest BCUT2D eigenvalue weighted by molar-refractivity contribution is 0.129. The second kappa shape index (κ2) is 6.65. The molecule has 0 fully saturated rings. The van der Waals surface area contributed by atoms with Crippen molar-refractivity contribution in [3.05, 3.63) is 65.2 Å². The molecule has 0 N–H and O–H groups in total. The average Bonchev–Trinajstić information content (AvgIpc) is 2.48. The molecule has 2 rings (SSSR count). The molecule has 0 heterocycles. The van der Waals surface area contributed by atoms with Crippen LogP contribution >= 0.6 is 0 Å². The summed E-state index contributed by atoms with van der Waals surface area (Å²) in [6.07, 6.45) is 1.45. The van der Waals surface area contributed by atoms with Crippen molar-refractivity contribution in [2.24, 2.45) is 5.16 Å². The maximum atomic E-state index is 13.3. The van der Waals surface area contributed by atoms with Crippen molar-refractivity contribution in [2.75, 3.05) is 7.11 Å². The van der Waals surface area contributed by atoms with Crippen molar-refractivity contribution < 1.29 is 18.4 Å². The number of nitrogens with zero attached hydrogens (tertiary/aromatic N) is 1. The number of methoxy groups -OCH3 is 1. The lowest BCUT2D eigenvalue weighted by atomic mass is 10.2. The SMILES string of the molecule is COc1ccccc1C=NOCc1cccc(F)c1F. The molecule has 5 heteroatoms. The Balaban J connectivity index is 1.99. The Kier molecular flexibility index (Phi) is 4.65. The molecular formula is C15H13F2NO2. The predicted octanol–water partition coefficient (Wildman–Crippen LogP) is 3.52. The van der Waals surface area contributed by atoms with Crippen molar-refractivity contribution in [2.45, 2.75) is 6.61 Å². The summed E-state index contributed by atoms with van der Waals surface area (Å²) in [4.78, 5) is 4.97. The number of benzene rings is 2. The highest BCUT2D eigenvalue weighted by molar-refractivity contribution is 5.82. The van der Waals surface area contributed by atoms with Crippen LogP contribution in [0.2, 0.25) is 0 Å².